The first kappa shape index (κ1) is 24.0. The fourth-order valence-electron chi connectivity index (χ4n) is 4.18. The van der Waals surface area contributed by atoms with Gasteiger partial charge in [0.1, 0.15) is 4.75 Å². The van der Waals surface area contributed by atoms with Crippen molar-refractivity contribution in [1.82, 2.24) is 4.98 Å². The Balaban J connectivity index is 2.02. The van der Waals surface area contributed by atoms with Crippen LogP contribution < -0.4 is 4.90 Å². The Bertz CT molecular complexity index is 922. The predicted molar refractivity (Wildman–Crippen MR) is 125 cm³/mol. The topological polar surface area (TPSA) is 76.6 Å². The normalized spacial score (nSPS) is 20.6. The maximum Gasteiger partial charge on any atom is 0.305 e. The molecule has 32 heavy (non-hydrogen) atoms. The number of imide groups is 1. The van der Waals surface area contributed by atoms with Crippen molar-refractivity contribution in [2.24, 2.45) is 5.92 Å². The second-order valence-electron chi connectivity index (χ2n) is 7.95. The average molecular weight is 455 g/mol. The number of esters is 1. The van der Waals surface area contributed by atoms with Crippen LogP contribution >= 0.6 is 11.8 Å². The number of nitrogens with zero attached hydrogens (tertiary/aromatic N) is 2. The number of ether oxygens (including phenoxy) is 1. The molecule has 1 aliphatic heterocycles. The minimum absolute atomic E-state index is 0.0590. The Morgan fingerprint density at radius 2 is 1.84 bits per heavy atom. The van der Waals surface area contributed by atoms with Gasteiger partial charge < -0.3 is 4.74 Å². The SMILES string of the molecule is CCCCCCC1C(=O)N(c2ccccc2)C(=O)C1(CCC(=O)OC)Sc1ccccn1. The van der Waals surface area contributed by atoms with Gasteiger partial charge in [-0.3, -0.25) is 14.4 Å². The van der Waals surface area contributed by atoms with Gasteiger partial charge in [-0.1, -0.05) is 68.6 Å². The first-order valence-corrected chi connectivity index (χ1v) is 12.0. The molecule has 0 saturated carbocycles. The molecular formula is C25H30N2O4S. The van der Waals surface area contributed by atoms with Crippen molar-refractivity contribution in [3.05, 3.63) is 54.7 Å². The fraction of sp³-hybridized carbons (Fsp3) is 0.440. The number of aromatic nitrogens is 1. The number of benzene rings is 1. The lowest BCUT2D eigenvalue weighted by Crippen LogP contribution is -2.41. The van der Waals surface area contributed by atoms with E-state index < -0.39 is 16.6 Å². The van der Waals surface area contributed by atoms with Crippen LogP contribution in [0.1, 0.15) is 51.9 Å². The first-order chi connectivity index (χ1) is 15.5. The lowest BCUT2D eigenvalue weighted by molar-refractivity contribution is -0.141. The summed E-state index contributed by atoms with van der Waals surface area (Å²) in [7, 11) is 1.33. The zero-order valence-corrected chi connectivity index (χ0v) is 19.5. The highest BCUT2D eigenvalue weighted by Gasteiger charge is 2.60. The van der Waals surface area contributed by atoms with E-state index in [1.807, 2.05) is 36.4 Å². The lowest BCUT2D eigenvalue weighted by Gasteiger charge is -2.30. The highest BCUT2D eigenvalue weighted by Crippen LogP contribution is 2.50. The number of rotatable bonds is 11. The van der Waals surface area contributed by atoms with E-state index in [1.165, 1.54) is 23.8 Å². The molecule has 0 radical (unpaired) electrons. The number of amides is 2. The van der Waals surface area contributed by atoms with E-state index in [0.29, 0.717) is 17.1 Å². The van der Waals surface area contributed by atoms with Crippen LogP contribution in [0.4, 0.5) is 5.69 Å². The van der Waals surface area contributed by atoms with Crippen LogP contribution in [0.25, 0.3) is 0 Å². The second-order valence-corrected chi connectivity index (χ2v) is 9.30. The maximum atomic E-state index is 13.9. The van der Waals surface area contributed by atoms with Gasteiger partial charge in [-0.2, -0.15) is 0 Å². The average Bonchev–Trinajstić information content (AvgIpc) is 3.02. The highest BCUT2D eigenvalue weighted by molar-refractivity contribution is 8.01. The predicted octanol–water partition coefficient (Wildman–Crippen LogP) is 5.03. The van der Waals surface area contributed by atoms with Crippen molar-refractivity contribution >= 4 is 35.2 Å². The van der Waals surface area contributed by atoms with Gasteiger partial charge in [0.25, 0.3) is 5.91 Å². The molecule has 0 bridgehead atoms. The van der Waals surface area contributed by atoms with Crippen LogP contribution in [0, 0.1) is 5.92 Å². The molecule has 0 aliphatic carbocycles. The van der Waals surface area contributed by atoms with Crippen LogP contribution in [-0.4, -0.2) is 34.6 Å². The summed E-state index contributed by atoms with van der Waals surface area (Å²) >= 11 is 1.30. The summed E-state index contributed by atoms with van der Waals surface area (Å²) in [4.78, 5) is 45.4. The molecule has 6 nitrogen and oxygen atoms in total. The number of carbonyl (C=O) groups is 3. The standard InChI is InChI=1S/C25H30N2O4S/c1-3-4-5-9-14-20-23(29)27(19-12-7-6-8-13-19)24(30)25(20,17-16-22(28)31-2)32-21-15-10-11-18-26-21/h6-8,10-13,15,18,20H,3-5,9,14,16-17H2,1-2H3. The number of para-hydroxylation sites is 1. The maximum absolute atomic E-state index is 13.9. The molecule has 2 atom stereocenters. The molecule has 1 saturated heterocycles. The van der Waals surface area contributed by atoms with Crippen molar-refractivity contribution in [1.29, 1.82) is 0 Å². The third-order valence-electron chi connectivity index (χ3n) is 5.86. The summed E-state index contributed by atoms with van der Waals surface area (Å²) in [6.07, 6.45) is 6.56. The van der Waals surface area contributed by atoms with E-state index in [-0.39, 0.29) is 24.7 Å². The first-order valence-electron chi connectivity index (χ1n) is 11.1. The van der Waals surface area contributed by atoms with Gasteiger partial charge in [0.05, 0.1) is 23.7 Å². The molecule has 2 heterocycles. The molecule has 2 amide bonds. The summed E-state index contributed by atoms with van der Waals surface area (Å²) in [5.41, 5.74) is 0.558. The van der Waals surface area contributed by atoms with Gasteiger partial charge in [0, 0.05) is 12.6 Å². The number of hydrogen-bond acceptors (Lipinski definition) is 6. The van der Waals surface area contributed by atoms with E-state index in [0.717, 1.165) is 25.7 Å². The largest absolute Gasteiger partial charge is 0.469 e. The molecule has 3 rings (SSSR count). The number of hydrogen-bond donors (Lipinski definition) is 0. The Morgan fingerprint density at radius 1 is 1.09 bits per heavy atom. The van der Waals surface area contributed by atoms with E-state index in [9.17, 15) is 14.4 Å². The van der Waals surface area contributed by atoms with Crippen molar-refractivity contribution in [2.45, 2.75) is 61.6 Å². The van der Waals surface area contributed by atoms with Gasteiger partial charge in [-0.05, 0) is 37.1 Å². The molecule has 1 aromatic heterocycles. The zero-order valence-electron chi connectivity index (χ0n) is 18.7. The number of methoxy groups -OCH3 is 1. The summed E-state index contributed by atoms with van der Waals surface area (Å²) in [6, 6.07) is 14.5. The molecule has 1 aromatic carbocycles. The number of carbonyl (C=O) groups excluding carboxylic acids is 3. The molecule has 1 fully saturated rings. The van der Waals surface area contributed by atoms with Gasteiger partial charge >= 0.3 is 5.97 Å². The summed E-state index contributed by atoms with van der Waals surface area (Å²) in [6.45, 7) is 2.14. The smallest absolute Gasteiger partial charge is 0.305 e. The molecule has 0 spiro atoms. The van der Waals surface area contributed by atoms with Gasteiger partial charge in [0.2, 0.25) is 5.91 Å². The van der Waals surface area contributed by atoms with E-state index in [4.69, 9.17) is 4.74 Å². The Hall–Kier alpha value is -2.67. The number of pyridine rings is 1. The second kappa shape index (κ2) is 11.3. The minimum Gasteiger partial charge on any atom is -0.469 e. The number of thioether (sulfide) groups is 1. The van der Waals surface area contributed by atoms with E-state index >= 15 is 0 Å². The molecule has 2 aromatic rings. The molecule has 7 heteroatoms. The summed E-state index contributed by atoms with van der Waals surface area (Å²) in [5, 5.41) is 0.659. The Kier molecular flexibility index (Phi) is 8.45. The van der Waals surface area contributed by atoms with Crippen molar-refractivity contribution in [2.75, 3.05) is 12.0 Å². The fourth-order valence-corrected chi connectivity index (χ4v) is 5.55. The van der Waals surface area contributed by atoms with Gasteiger partial charge in [0.15, 0.2) is 0 Å². The quantitative estimate of drug-likeness (QED) is 0.269. The van der Waals surface area contributed by atoms with Gasteiger partial charge in [-0.25, -0.2) is 9.88 Å². The van der Waals surface area contributed by atoms with Crippen LogP contribution in [-0.2, 0) is 19.1 Å². The highest BCUT2D eigenvalue weighted by atomic mass is 32.2. The Labute approximate surface area is 193 Å². The van der Waals surface area contributed by atoms with Gasteiger partial charge in [-0.15, -0.1) is 0 Å². The number of unbranched alkanes of at least 4 members (excludes halogenated alkanes) is 3. The van der Waals surface area contributed by atoms with E-state index in [2.05, 4.69) is 11.9 Å². The molecular weight excluding hydrogens is 424 g/mol. The lowest BCUT2D eigenvalue weighted by atomic mass is 9.85. The van der Waals surface area contributed by atoms with Crippen LogP contribution in [0.3, 0.4) is 0 Å². The third-order valence-corrected chi connectivity index (χ3v) is 7.34. The summed E-state index contributed by atoms with van der Waals surface area (Å²) < 4.78 is 3.74. The summed E-state index contributed by atoms with van der Waals surface area (Å²) in [5.74, 6) is -1.42. The van der Waals surface area contributed by atoms with Crippen molar-refractivity contribution in [3.8, 4) is 0 Å². The monoisotopic (exact) mass is 454 g/mol. The van der Waals surface area contributed by atoms with Crippen LogP contribution in [0.2, 0.25) is 0 Å². The van der Waals surface area contributed by atoms with E-state index in [1.54, 1.807) is 18.3 Å². The van der Waals surface area contributed by atoms with Crippen molar-refractivity contribution < 1.29 is 19.1 Å². The Morgan fingerprint density at radius 3 is 2.50 bits per heavy atom. The third kappa shape index (κ3) is 5.21. The van der Waals surface area contributed by atoms with Crippen LogP contribution in [0.5, 0.6) is 0 Å². The number of anilines is 1. The van der Waals surface area contributed by atoms with Crippen LogP contribution in [0.15, 0.2) is 59.8 Å². The molecule has 1 aliphatic rings. The molecule has 2 unspecified atom stereocenters. The zero-order chi connectivity index (χ0) is 23.0. The molecule has 170 valence electrons. The molecule has 0 N–H and O–H groups in total. The minimum atomic E-state index is -1.11. The van der Waals surface area contributed by atoms with Crippen molar-refractivity contribution in [3.63, 3.8) is 0 Å².